The van der Waals surface area contributed by atoms with Crippen LogP contribution >= 0.6 is 22.6 Å². The Hall–Kier alpha value is -1.04. The first kappa shape index (κ1) is 10.5. The highest BCUT2D eigenvalue weighted by atomic mass is 127. The topological polar surface area (TPSA) is 35.5 Å². The molecule has 1 heterocycles. The molecule has 0 spiro atoms. The number of cyclic esters (lactones) is 1. The Bertz CT molecular complexity index is 426. The number of hydrogen-bond donors (Lipinski definition) is 0. The van der Waals surface area contributed by atoms with Gasteiger partial charge in [0.25, 0.3) is 6.29 Å². The average Bonchev–Trinajstić information content (AvgIpc) is 2.50. The quantitative estimate of drug-likeness (QED) is 0.621. The van der Waals surface area contributed by atoms with Crippen molar-refractivity contribution >= 4 is 28.6 Å². The van der Waals surface area contributed by atoms with E-state index in [9.17, 15) is 4.79 Å². The molecule has 0 bridgehead atoms. The molecule has 0 N–H and O–H groups in total. The minimum atomic E-state index is -0.589. The Morgan fingerprint density at radius 2 is 2.13 bits per heavy atom. The van der Waals surface area contributed by atoms with Crippen LogP contribution in [0.2, 0.25) is 0 Å². The molecule has 0 fully saturated rings. The molecule has 0 radical (unpaired) electrons. The minimum Gasteiger partial charge on any atom is -0.450 e. The van der Waals surface area contributed by atoms with Crippen LogP contribution in [0.4, 0.5) is 0 Å². The summed E-state index contributed by atoms with van der Waals surface area (Å²) in [6, 6.07) is 7.58. The summed E-state index contributed by atoms with van der Waals surface area (Å²) < 4.78 is 11.5. The lowest BCUT2D eigenvalue weighted by atomic mass is 10.3. The number of rotatable bonds is 2. The maximum absolute atomic E-state index is 11.1. The number of hydrogen-bond acceptors (Lipinski definition) is 3. The van der Waals surface area contributed by atoms with Crippen LogP contribution < -0.4 is 4.74 Å². The predicted molar refractivity (Wildman–Crippen MR) is 63.4 cm³/mol. The first-order valence-corrected chi connectivity index (χ1v) is 5.55. The Morgan fingerprint density at radius 1 is 1.40 bits per heavy atom. The molecule has 0 amide bonds. The van der Waals surface area contributed by atoms with E-state index >= 15 is 0 Å². The van der Waals surface area contributed by atoms with Gasteiger partial charge in [0.2, 0.25) is 0 Å². The summed E-state index contributed by atoms with van der Waals surface area (Å²) in [7, 11) is 0. The van der Waals surface area contributed by atoms with Crippen molar-refractivity contribution in [3.05, 3.63) is 39.5 Å². The molecule has 3 nitrogen and oxygen atoms in total. The molecule has 1 aromatic carbocycles. The highest BCUT2D eigenvalue weighted by Crippen LogP contribution is 2.23. The summed E-state index contributed by atoms with van der Waals surface area (Å²) >= 11 is 2.17. The van der Waals surface area contributed by atoms with Gasteiger partial charge in [-0.1, -0.05) is 12.1 Å². The summed E-state index contributed by atoms with van der Waals surface area (Å²) in [5, 5.41) is 0. The third-order valence-corrected chi connectivity index (χ3v) is 2.90. The molecule has 1 unspecified atom stereocenters. The monoisotopic (exact) mass is 316 g/mol. The van der Waals surface area contributed by atoms with E-state index in [0.29, 0.717) is 5.57 Å². The molecule has 0 aromatic heterocycles. The molecule has 0 saturated carbocycles. The first-order valence-electron chi connectivity index (χ1n) is 4.47. The minimum absolute atomic E-state index is 0.314. The van der Waals surface area contributed by atoms with Gasteiger partial charge in [0.05, 0.1) is 3.57 Å². The van der Waals surface area contributed by atoms with Gasteiger partial charge in [-0.25, -0.2) is 4.79 Å². The predicted octanol–water partition coefficient (Wildman–Crippen LogP) is 2.50. The number of benzene rings is 1. The number of carbonyl (C=O) groups is 1. The van der Waals surface area contributed by atoms with Crippen LogP contribution in [0.5, 0.6) is 5.75 Å². The van der Waals surface area contributed by atoms with Crippen molar-refractivity contribution in [2.24, 2.45) is 0 Å². The van der Waals surface area contributed by atoms with Gasteiger partial charge in [0.1, 0.15) is 5.75 Å². The summed E-state index contributed by atoms with van der Waals surface area (Å²) in [5.41, 5.74) is 0.589. The van der Waals surface area contributed by atoms with Crippen molar-refractivity contribution in [3.63, 3.8) is 0 Å². The SMILES string of the molecule is CC1=CC(Oc2ccccc2I)OC1=O. The van der Waals surface area contributed by atoms with Crippen molar-refractivity contribution in [2.75, 3.05) is 0 Å². The van der Waals surface area contributed by atoms with Crippen LogP contribution in [-0.2, 0) is 9.53 Å². The van der Waals surface area contributed by atoms with Gasteiger partial charge in [-0.2, -0.15) is 0 Å². The molecular formula is C11H9IO3. The Kier molecular flexibility index (Phi) is 2.95. The van der Waals surface area contributed by atoms with Crippen LogP contribution in [0.3, 0.4) is 0 Å². The molecule has 0 aliphatic carbocycles. The zero-order chi connectivity index (χ0) is 10.8. The maximum atomic E-state index is 11.1. The van der Waals surface area contributed by atoms with Gasteiger partial charge in [0, 0.05) is 11.6 Å². The largest absolute Gasteiger partial charge is 0.450 e. The summed E-state index contributed by atoms with van der Waals surface area (Å²) in [6.07, 6.45) is 1.08. The lowest BCUT2D eigenvalue weighted by Gasteiger charge is -2.12. The Morgan fingerprint density at radius 3 is 2.73 bits per heavy atom. The third-order valence-electron chi connectivity index (χ3n) is 2.01. The Labute approximate surface area is 101 Å². The summed E-state index contributed by atoms with van der Waals surface area (Å²) in [5.74, 6) is 0.410. The molecule has 0 saturated heterocycles. The highest BCUT2D eigenvalue weighted by molar-refractivity contribution is 14.1. The highest BCUT2D eigenvalue weighted by Gasteiger charge is 2.23. The molecule has 4 heteroatoms. The molecule has 15 heavy (non-hydrogen) atoms. The van der Waals surface area contributed by atoms with E-state index < -0.39 is 6.29 Å². The third kappa shape index (κ3) is 2.31. The van der Waals surface area contributed by atoms with Gasteiger partial charge in [0.15, 0.2) is 0 Å². The second-order valence-electron chi connectivity index (χ2n) is 3.17. The normalized spacial score (nSPS) is 19.7. The van der Waals surface area contributed by atoms with Crippen LogP contribution in [-0.4, -0.2) is 12.3 Å². The Balaban J connectivity index is 2.11. The molecule has 1 aliphatic heterocycles. The van der Waals surface area contributed by atoms with E-state index in [0.717, 1.165) is 9.32 Å². The van der Waals surface area contributed by atoms with Crippen molar-refractivity contribution in [1.82, 2.24) is 0 Å². The lowest BCUT2D eigenvalue weighted by Crippen LogP contribution is -2.16. The van der Waals surface area contributed by atoms with E-state index in [4.69, 9.17) is 9.47 Å². The van der Waals surface area contributed by atoms with E-state index in [2.05, 4.69) is 22.6 Å². The fourth-order valence-electron chi connectivity index (χ4n) is 1.23. The fourth-order valence-corrected chi connectivity index (χ4v) is 1.74. The molecule has 1 atom stereocenters. The maximum Gasteiger partial charge on any atom is 0.336 e. The van der Waals surface area contributed by atoms with E-state index in [-0.39, 0.29) is 5.97 Å². The number of carbonyl (C=O) groups excluding carboxylic acids is 1. The summed E-state index contributed by atoms with van der Waals surface area (Å²) in [6.45, 7) is 1.71. The number of esters is 1. The van der Waals surface area contributed by atoms with E-state index in [1.54, 1.807) is 13.0 Å². The van der Waals surface area contributed by atoms with Crippen molar-refractivity contribution in [3.8, 4) is 5.75 Å². The zero-order valence-electron chi connectivity index (χ0n) is 8.07. The second kappa shape index (κ2) is 4.22. The fraction of sp³-hybridized carbons (Fsp3) is 0.182. The van der Waals surface area contributed by atoms with Crippen LogP contribution in [0.25, 0.3) is 0 Å². The van der Waals surface area contributed by atoms with E-state index in [1.807, 2.05) is 24.3 Å². The lowest BCUT2D eigenvalue weighted by molar-refractivity contribution is -0.148. The standard InChI is InChI=1S/C11H9IO3/c1-7-6-10(15-11(7)13)14-9-5-3-2-4-8(9)12/h2-6,10H,1H3. The number of halogens is 1. The summed E-state index contributed by atoms with van der Waals surface area (Å²) in [4.78, 5) is 11.1. The molecule has 78 valence electrons. The van der Waals surface area contributed by atoms with Crippen LogP contribution in [0.15, 0.2) is 35.9 Å². The van der Waals surface area contributed by atoms with E-state index in [1.165, 1.54) is 0 Å². The second-order valence-corrected chi connectivity index (χ2v) is 4.33. The molecular weight excluding hydrogens is 307 g/mol. The number of ether oxygens (including phenoxy) is 2. The number of para-hydroxylation sites is 1. The average molecular weight is 316 g/mol. The van der Waals surface area contributed by atoms with Gasteiger partial charge in [-0.15, -0.1) is 0 Å². The van der Waals surface area contributed by atoms with Gasteiger partial charge in [-0.05, 0) is 41.6 Å². The zero-order valence-corrected chi connectivity index (χ0v) is 10.2. The van der Waals surface area contributed by atoms with Gasteiger partial charge < -0.3 is 9.47 Å². The van der Waals surface area contributed by atoms with Crippen molar-refractivity contribution in [2.45, 2.75) is 13.2 Å². The first-order chi connectivity index (χ1) is 7.16. The van der Waals surface area contributed by atoms with Crippen LogP contribution in [0.1, 0.15) is 6.92 Å². The molecule has 1 aromatic rings. The van der Waals surface area contributed by atoms with Crippen LogP contribution in [0, 0.1) is 3.57 Å². The smallest absolute Gasteiger partial charge is 0.336 e. The van der Waals surface area contributed by atoms with Gasteiger partial charge in [-0.3, -0.25) is 0 Å². The van der Waals surface area contributed by atoms with Crippen molar-refractivity contribution in [1.29, 1.82) is 0 Å². The molecule has 2 rings (SSSR count). The van der Waals surface area contributed by atoms with Crippen molar-refractivity contribution < 1.29 is 14.3 Å². The molecule has 1 aliphatic rings. The van der Waals surface area contributed by atoms with Gasteiger partial charge >= 0.3 is 5.97 Å².